The number of nitrogens with one attached hydrogen (secondary N) is 1. The molecule has 4 heteroatoms. The second kappa shape index (κ2) is 5.67. The van der Waals surface area contributed by atoms with Gasteiger partial charge in [0, 0.05) is 33.8 Å². The van der Waals surface area contributed by atoms with E-state index < -0.39 is 0 Å². The zero-order chi connectivity index (χ0) is 14.8. The first-order chi connectivity index (χ1) is 9.40. The van der Waals surface area contributed by atoms with Crippen LogP contribution in [0, 0.1) is 0 Å². The summed E-state index contributed by atoms with van der Waals surface area (Å²) < 4.78 is 0. The molecule has 0 radical (unpaired) electrons. The minimum Gasteiger partial charge on any atom is -0.398 e. The van der Waals surface area contributed by atoms with E-state index in [4.69, 9.17) is 5.73 Å². The van der Waals surface area contributed by atoms with E-state index in [0.29, 0.717) is 11.3 Å². The van der Waals surface area contributed by atoms with Gasteiger partial charge in [-0.15, -0.1) is 11.3 Å². The third-order valence-corrected chi connectivity index (χ3v) is 4.59. The van der Waals surface area contributed by atoms with E-state index >= 15 is 0 Å². The van der Waals surface area contributed by atoms with Crippen molar-refractivity contribution < 1.29 is 4.79 Å². The molecule has 0 aliphatic carbocycles. The molecular weight excluding hydrogens is 268 g/mol. The van der Waals surface area contributed by atoms with E-state index in [1.54, 1.807) is 17.4 Å². The molecule has 1 aromatic heterocycles. The van der Waals surface area contributed by atoms with E-state index in [1.807, 2.05) is 12.1 Å². The molecule has 3 nitrogen and oxygen atoms in total. The van der Waals surface area contributed by atoms with Crippen LogP contribution in [-0.4, -0.2) is 12.3 Å². The van der Waals surface area contributed by atoms with E-state index in [0.717, 1.165) is 12.2 Å². The first kappa shape index (κ1) is 14.6. The standard InChI is InChI=1S/C16H20N2OS/c1-11(19)13-7-6-12(9-14(13)17)18-10-16(2,3)15-5-4-8-20-15/h4-9,18H,10,17H2,1-3H3. The maximum atomic E-state index is 11.4. The lowest BCUT2D eigenvalue weighted by Crippen LogP contribution is -2.26. The Balaban J connectivity index is 2.08. The van der Waals surface area contributed by atoms with Crippen LogP contribution in [0.4, 0.5) is 11.4 Å². The van der Waals surface area contributed by atoms with Gasteiger partial charge in [0.05, 0.1) is 0 Å². The SMILES string of the molecule is CC(=O)c1ccc(NCC(C)(C)c2cccs2)cc1N. The smallest absolute Gasteiger partial charge is 0.161 e. The van der Waals surface area contributed by atoms with Crippen LogP contribution in [-0.2, 0) is 5.41 Å². The van der Waals surface area contributed by atoms with Crippen LogP contribution in [0.3, 0.4) is 0 Å². The molecule has 1 aromatic carbocycles. The Bertz CT molecular complexity index is 603. The molecular formula is C16H20N2OS. The van der Waals surface area contributed by atoms with Gasteiger partial charge in [0.15, 0.2) is 5.78 Å². The second-order valence-electron chi connectivity index (χ2n) is 5.57. The number of nitrogen functional groups attached to an aromatic ring is 1. The van der Waals surface area contributed by atoms with Gasteiger partial charge in [0.2, 0.25) is 0 Å². The van der Waals surface area contributed by atoms with Crippen LogP contribution in [0.5, 0.6) is 0 Å². The fourth-order valence-electron chi connectivity index (χ4n) is 2.07. The number of Topliss-reactive ketones (excluding diaryl/α,β-unsaturated/α-hetero) is 1. The van der Waals surface area contributed by atoms with Gasteiger partial charge in [0.1, 0.15) is 0 Å². The van der Waals surface area contributed by atoms with Crippen LogP contribution in [0.1, 0.15) is 36.0 Å². The monoisotopic (exact) mass is 288 g/mol. The van der Waals surface area contributed by atoms with Crippen molar-refractivity contribution in [1.29, 1.82) is 0 Å². The highest BCUT2D eigenvalue weighted by atomic mass is 32.1. The number of hydrogen-bond donors (Lipinski definition) is 2. The number of nitrogens with two attached hydrogens (primary N) is 1. The fourth-order valence-corrected chi connectivity index (χ4v) is 2.92. The molecule has 0 saturated carbocycles. The van der Waals surface area contributed by atoms with Gasteiger partial charge in [-0.05, 0) is 36.6 Å². The highest BCUT2D eigenvalue weighted by molar-refractivity contribution is 7.10. The first-order valence-electron chi connectivity index (χ1n) is 6.58. The van der Waals surface area contributed by atoms with Crippen LogP contribution in [0.15, 0.2) is 35.7 Å². The van der Waals surface area contributed by atoms with Crippen molar-refractivity contribution in [2.75, 3.05) is 17.6 Å². The summed E-state index contributed by atoms with van der Waals surface area (Å²) in [5.41, 5.74) is 8.00. The number of hydrogen-bond acceptors (Lipinski definition) is 4. The Hall–Kier alpha value is -1.81. The number of anilines is 2. The minimum atomic E-state index is -0.00651. The van der Waals surface area contributed by atoms with Gasteiger partial charge in [-0.2, -0.15) is 0 Å². The van der Waals surface area contributed by atoms with Gasteiger partial charge in [-0.25, -0.2) is 0 Å². The quantitative estimate of drug-likeness (QED) is 0.647. The van der Waals surface area contributed by atoms with Gasteiger partial charge in [-0.3, -0.25) is 4.79 Å². The Morgan fingerprint density at radius 3 is 2.65 bits per heavy atom. The second-order valence-corrected chi connectivity index (χ2v) is 6.52. The number of carbonyl (C=O) groups is 1. The fraction of sp³-hybridized carbons (Fsp3) is 0.312. The van der Waals surface area contributed by atoms with Crippen molar-refractivity contribution in [2.45, 2.75) is 26.2 Å². The van der Waals surface area contributed by atoms with E-state index in [2.05, 4.69) is 36.7 Å². The van der Waals surface area contributed by atoms with E-state index in [-0.39, 0.29) is 11.2 Å². The summed E-state index contributed by atoms with van der Waals surface area (Å²) in [7, 11) is 0. The molecule has 0 fully saturated rings. The average molecular weight is 288 g/mol. The maximum Gasteiger partial charge on any atom is 0.161 e. The summed E-state index contributed by atoms with van der Waals surface area (Å²) in [6, 6.07) is 9.72. The van der Waals surface area contributed by atoms with Crippen molar-refractivity contribution in [1.82, 2.24) is 0 Å². The third kappa shape index (κ3) is 3.20. The van der Waals surface area contributed by atoms with Gasteiger partial charge < -0.3 is 11.1 Å². The lowest BCUT2D eigenvalue weighted by atomic mass is 9.91. The number of benzene rings is 1. The molecule has 0 spiro atoms. The Morgan fingerprint density at radius 1 is 1.35 bits per heavy atom. The molecule has 0 saturated heterocycles. The Labute approximate surface area is 123 Å². The topological polar surface area (TPSA) is 55.1 Å². The molecule has 2 aromatic rings. The van der Waals surface area contributed by atoms with Crippen molar-refractivity contribution in [3.05, 3.63) is 46.2 Å². The molecule has 0 atom stereocenters. The van der Waals surface area contributed by atoms with Crippen LogP contribution in [0.2, 0.25) is 0 Å². The molecule has 0 amide bonds. The normalized spacial score (nSPS) is 11.3. The molecule has 0 unspecified atom stereocenters. The molecule has 0 aliphatic rings. The zero-order valence-corrected chi connectivity index (χ0v) is 12.9. The van der Waals surface area contributed by atoms with Gasteiger partial charge in [0.25, 0.3) is 0 Å². The Kier molecular flexibility index (Phi) is 4.14. The van der Waals surface area contributed by atoms with Crippen molar-refractivity contribution in [3.8, 4) is 0 Å². The summed E-state index contributed by atoms with van der Waals surface area (Å²) in [4.78, 5) is 12.7. The first-order valence-corrected chi connectivity index (χ1v) is 7.46. The molecule has 0 bridgehead atoms. The highest BCUT2D eigenvalue weighted by Crippen LogP contribution is 2.28. The predicted molar refractivity (Wildman–Crippen MR) is 86.7 cm³/mol. The minimum absolute atomic E-state index is 0.00651. The highest BCUT2D eigenvalue weighted by Gasteiger charge is 2.21. The number of ketones is 1. The predicted octanol–water partition coefficient (Wildman–Crippen LogP) is 3.92. The van der Waals surface area contributed by atoms with Crippen molar-refractivity contribution in [3.63, 3.8) is 0 Å². The van der Waals surface area contributed by atoms with E-state index in [9.17, 15) is 4.79 Å². The molecule has 106 valence electrons. The van der Waals surface area contributed by atoms with Gasteiger partial charge >= 0.3 is 0 Å². The summed E-state index contributed by atoms with van der Waals surface area (Å²) in [5, 5.41) is 5.49. The molecule has 1 heterocycles. The average Bonchev–Trinajstić information content (AvgIpc) is 2.90. The zero-order valence-electron chi connectivity index (χ0n) is 12.1. The molecule has 20 heavy (non-hydrogen) atoms. The lowest BCUT2D eigenvalue weighted by molar-refractivity contribution is 0.101. The van der Waals surface area contributed by atoms with E-state index in [1.165, 1.54) is 11.8 Å². The van der Waals surface area contributed by atoms with Gasteiger partial charge in [-0.1, -0.05) is 19.9 Å². The largest absolute Gasteiger partial charge is 0.398 e. The molecule has 0 aliphatic heterocycles. The number of carbonyl (C=O) groups excluding carboxylic acids is 1. The third-order valence-electron chi connectivity index (χ3n) is 3.35. The van der Waals surface area contributed by atoms with Crippen LogP contribution >= 0.6 is 11.3 Å². The van der Waals surface area contributed by atoms with Crippen molar-refractivity contribution >= 4 is 28.5 Å². The van der Waals surface area contributed by atoms with Crippen LogP contribution < -0.4 is 11.1 Å². The maximum absolute atomic E-state index is 11.4. The summed E-state index contributed by atoms with van der Waals surface area (Å²) in [6.07, 6.45) is 0. The lowest BCUT2D eigenvalue weighted by Gasteiger charge is -2.24. The Morgan fingerprint density at radius 2 is 2.10 bits per heavy atom. The van der Waals surface area contributed by atoms with Crippen LogP contribution in [0.25, 0.3) is 0 Å². The molecule has 3 N–H and O–H groups in total. The number of thiophene rings is 1. The number of rotatable bonds is 5. The van der Waals surface area contributed by atoms with Crippen molar-refractivity contribution in [2.24, 2.45) is 0 Å². The summed E-state index contributed by atoms with van der Waals surface area (Å²) in [5.74, 6) is -0.00651. The summed E-state index contributed by atoms with van der Waals surface area (Å²) in [6.45, 7) is 6.75. The summed E-state index contributed by atoms with van der Waals surface area (Å²) >= 11 is 1.77. The molecule has 2 rings (SSSR count).